The first kappa shape index (κ1) is 17.0. The summed E-state index contributed by atoms with van der Waals surface area (Å²) >= 11 is 0. The van der Waals surface area contributed by atoms with E-state index in [-0.39, 0.29) is 12.5 Å². The molecule has 1 saturated carbocycles. The van der Waals surface area contributed by atoms with Crippen molar-refractivity contribution in [2.24, 2.45) is 0 Å². The van der Waals surface area contributed by atoms with Crippen LogP contribution in [0.3, 0.4) is 0 Å². The number of carbonyl (C=O) groups is 2. The molecule has 1 fully saturated rings. The monoisotopic (exact) mass is 339 g/mol. The Bertz CT molecular complexity index is 774. The molecule has 2 N–H and O–H groups in total. The van der Waals surface area contributed by atoms with Gasteiger partial charge in [0.2, 0.25) is 0 Å². The molecule has 1 aliphatic rings. The van der Waals surface area contributed by atoms with Gasteiger partial charge in [0.1, 0.15) is 11.3 Å². The number of hydrogen-bond donors (Lipinski definition) is 2. The Hall–Kier alpha value is -2.82. The molecule has 5 heteroatoms. The van der Waals surface area contributed by atoms with Crippen LogP contribution in [0.1, 0.15) is 30.4 Å². The number of rotatable bonds is 7. The summed E-state index contributed by atoms with van der Waals surface area (Å²) in [5.74, 6) is -1.04. The highest BCUT2D eigenvalue weighted by Gasteiger charge is 2.62. The number of carbonyl (C=O) groups excluding carboxylic acids is 1. The first-order chi connectivity index (χ1) is 12.0. The molecule has 2 aromatic carbocycles. The van der Waals surface area contributed by atoms with Gasteiger partial charge in [0.25, 0.3) is 5.91 Å². The number of benzene rings is 2. The molecule has 1 amide bonds. The molecule has 3 rings (SSSR count). The zero-order valence-electron chi connectivity index (χ0n) is 14.1. The average molecular weight is 339 g/mol. The molecule has 0 spiro atoms. The first-order valence-electron chi connectivity index (χ1n) is 8.36. The molecule has 25 heavy (non-hydrogen) atoms. The summed E-state index contributed by atoms with van der Waals surface area (Å²) in [5.41, 5.74) is 0.806. The second-order valence-corrected chi connectivity index (χ2v) is 6.28. The quantitative estimate of drug-likeness (QED) is 0.813. The molecule has 2 unspecified atom stereocenters. The molecule has 0 heterocycles. The fraction of sp³-hybridized carbons (Fsp3) is 0.300. The standard InChI is InChI=1S/C20H21NO4/c1-2-14-7-6-10-16(11-14)25-13-18(22)21-20(19(23)24)12-17(20)15-8-4-3-5-9-15/h3-11,17H,2,12-13H2,1H3,(H,21,22)(H,23,24). The summed E-state index contributed by atoms with van der Waals surface area (Å²) in [6.45, 7) is 1.84. The lowest BCUT2D eigenvalue weighted by atomic mass is 10.1. The van der Waals surface area contributed by atoms with E-state index in [1.165, 1.54) is 0 Å². The number of aliphatic carboxylic acids is 1. The topological polar surface area (TPSA) is 75.6 Å². The lowest BCUT2D eigenvalue weighted by molar-refractivity contribution is -0.143. The van der Waals surface area contributed by atoms with E-state index in [4.69, 9.17) is 4.74 Å². The molecule has 0 saturated heterocycles. The molecule has 0 aliphatic heterocycles. The number of aryl methyl sites for hydroxylation is 1. The van der Waals surface area contributed by atoms with Crippen LogP contribution in [0.5, 0.6) is 5.75 Å². The molecular weight excluding hydrogens is 318 g/mol. The summed E-state index contributed by atoms with van der Waals surface area (Å²) in [6, 6.07) is 16.9. The number of carboxylic acids is 1. The largest absolute Gasteiger partial charge is 0.484 e. The van der Waals surface area contributed by atoms with Crippen LogP contribution in [0.25, 0.3) is 0 Å². The maximum Gasteiger partial charge on any atom is 0.330 e. The van der Waals surface area contributed by atoms with Crippen LogP contribution in [0.4, 0.5) is 0 Å². The maximum absolute atomic E-state index is 12.2. The van der Waals surface area contributed by atoms with Crippen molar-refractivity contribution >= 4 is 11.9 Å². The molecular formula is C20H21NO4. The van der Waals surface area contributed by atoms with Crippen LogP contribution in [-0.2, 0) is 16.0 Å². The Kier molecular flexibility index (Phi) is 4.74. The van der Waals surface area contributed by atoms with Crippen LogP contribution >= 0.6 is 0 Å². The van der Waals surface area contributed by atoms with Gasteiger partial charge in [0, 0.05) is 5.92 Å². The summed E-state index contributed by atoms with van der Waals surface area (Å²) in [7, 11) is 0. The van der Waals surface area contributed by atoms with E-state index in [1.54, 1.807) is 6.07 Å². The summed E-state index contributed by atoms with van der Waals surface area (Å²) in [4.78, 5) is 23.9. The Morgan fingerprint density at radius 1 is 1.20 bits per heavy atom. The lowest BCUT2D eigenvalue weighted by Crippen LogP contribution is -2.46. The smallest absolute Gasteiger partial charge is 0.330 e. The van der Waals surface area contributed by atoms with Gasteiger partial charge in [-0.2, -0.15) is 0 Å². The van der Waals surface area contributed by atoms with Crippen LogP contribution in [0, 0.1) is 0 Å². The number of ether oxygens (including phenoxy) is 1. The van der Waals surface area contributed by atoms with E-state index in [1.807, 2.05) is 55.5 Å². The third-order valence-electron chi connectivity index (χ3n) is 4.58. The van der Waals surface area contributed by atoms with Gasteiger partial charge in [-0.1, -0.05) is 49.4 Å². The SMILES string of the molecule is CCc1cccc(OCC(=O)NC2(C(=O)O)CC2c2ccccc2)c1. The summed E-state index contributed by atoms with van der Waals surface area (Å²) in [5, 5.41) is 12.2. The highest BCUT2D eigenvalue weighted by Crippen LogP contribution is 2.51. The summed E-state index contributed by atoms with van der Waals surface area (Å²) < 4.78 is 5.50. The van der Waals surface area contributed by atoms with Crippen LogP contribution in [0.2, 0.25) is 0 Å². The molecule has 0 aromatic heterocycles. The lowest BCUT2D eigenvalue weighted by Gasteiger charge is -2.15. The van der Waals surface area contributed by atoms with Crippen molar-refractivity contribution in [3.05, 3.63) is 65.7 Å². The van der Waals surface area contributed by atoms with Crippen molar-refractivity contribution < 1.29 is 19.4 Å². The van der Waals surface area contributed by atoms with Crippen molar-refractivity contribution in [1.29, 1.82) is 0 Å². The molecule has 5 nitrogen and oxygen atoms in total. The van der Waals surface area contributed by atoms with Crippen molar-refractivity contribution in [3.8, 4) is 5.75 Å². The average Bonchev–Trinajstić information content (AvgIpc) is 3.36. The van der Waals surface area contributed by atoms with E-state index in [2.05, 4.69) is 5.32 Å². The second kappa shape index (κ2) is 6.97. The van der Waals surface area contributed by atoms with Crippen LogP contribution in [0.15, 0.2) is 54.6 Å². The second-order valence-electron chi connectivity index (χ2n) is 6.28. The number of carboxylic acid groups (broad SMARTS) is 1. The number of nitrogens with one attached hydrogen (secondary N) is 1. The van der Waals surface area contributed by atoms with Crippen molar-refractivity contribution in [2.75, 3.05) is 6.61 Å². The van der Waals surface area contributed by atoms with E-state index in [0.717, 1.165) is 17.5 Å². The zero-order chi connectivity index (χ0) is 17.9. The molecule has 0 bridgehead atoms. The minimum atomic E-state index is -1.23. The number of amides is 1. The van der Waals surface area contributed by atoms with Crippen LogP contribution < -0.4 is 10.1 Å². The Balaban J connectivity index is 1.62. The minimum absolute atomic E-state index is 0.205. The maximum atomic E-state index is 12.2. The van der Waals surface area contributed by atoms with Gasteiger partial charge in [-0.05, 0) is 36.1 Å². The van der Waals surface area contributed by atoms with Crippen molar-refractivity contribution in [1.82, 2.24) is 5.32 Å². The van der Waals surface area contributed by atoms with Gasteiger partial charge in [-0.15, -0.1) is 0 Å². The molecule has 2 atom stereocenters. The van der Waals surface area contributed by atoms with Gasteiger partial charge in [0.05, 0.1) is 0 Å². The predicted molar refractivity (Wildman–Crippen MR) is 93.6 cm³/mol. The first-order valence-corrected chi connectivity index (χ1v) is 8.36. The van der Waals surface area contributed by atoms with Gasteiger partial charge in [0.15, 0.2) is 6.61 Å². The molecule has 0 radical (unpaired) electrons. The fourth-order valence-electron chi connectivity index (χ4n) is 3.07. The highest BCUT2D eigenvalue weighted by molar-refractivity contribution is 5.92. The molecule has 1 aliphatic carbocycles. The van der Waals surface area contributed by atoms with Crippen LogP contribution in [-0.4, -0.2) is 29.1 Å². The minimum Gasteiger partial charge on any atom is -0.484 e. The van der Waals surface area contributed by atoms with Gasteiger partial charge < -0.3 is 15.2 Å². The van der Waals surface area contributed by atoms with E-state index < -0.39 is 17.4 Å². The third kappa shape index (κ3) is 3.65. The normalized spacial score (nSPS) is 21.4. The zero-order valence-corrected chi connectivity index (χ0v) is 14.1. The predicted octanol–water partition coefficient (Wildman–Crippen LogP) is 2.75. The highest BCUT2D eigenvalue weighted by atomic mass is 16.5. The van der Waals surface area contributed by atoms with E-state index in [0.29, 0.717) is 12.2 Å². The van der Waals surface area contributed by atoms with Gasteiger partial charge in [-0.3, -0.25) is 4.79 Å². The Labute approximate surface area is 146 Å². The van der Waals surface area contributed by atoms with Crippen molar-refractivity contribution in [3.63, 3.8) is 0 Å². The molecule has 130 valence electrons. The Morgan fingerprint density at radius 3 is 2.64 bits per heavy atom. The van der Waals surface area contributed by atoms with E-state index in [9.17, 15) is 14.7 Å². The summed E-state index contributed by atoms with van der Waals surface area (Å²) in [6.07, 6.45) is 1.27. The third-order valence-corrected chi connectivity index (χ3v) is 4.58. The molecule has 2 aromatic rings. The Morgan fingerprint density at radius 2 is 1.96 bits per heavy atom. The number of hydrogen-bond acceptors (Lipinski definition) is 3. The fourth-order valence-corrected chi connectivity index (χ4v) is 3.07. The van der Waals surface area contributed by atoms with Crippen molar-refractivity contribution in [2.45, 2.75) is 31.2 Å². The van der Waals surface area contributed by atoms with Gasteiger partial charge >= 0.3 is 5.97 Å². The van der Waals surface area contributed by atoms with E-state index >= 15 is 0 Å². The van der Waals surface area contributed by atoms with Gasteiger partial charge in [-0.25, -0.2) is 4.79 Å².